The summed E-state index contributed by atoms with van der Waals surface area (Å²) in [5, 5.41) is 1.22. The van der Waals surface area contributed by atoms with E-state index in [0.29, 0.717) is 11.7 Å². The molecule has 1 aliphatic rings. The monoisotopic (exact) mass is 420 g/mol. The van der Waals surface area contributed by atoms with Crippen LogP contribution in [-0.4, -0.2) is 33.7 Å². The minimum absolute atomic E-state index is 0.0623. The lowest BCUT2D eigenvalue weighted by Crippen LogP contribution is -2.24. The Balaban J connectivity index is 1.92. The molecule has 2 aromatic heterocycles. The van der Waals surface area contributed by atoms with Crippen LogP contribution in [0.25, 0.3) is 10.2 Å². The second-order valence-electron chi connectivity index (χ2n) is 6.94. The van der Waals surface area contributed by atoms with Crippen molar-refractivity contribution >= 4 is 45.1 Å². The molecule has 1 aliphatic carbocycles. The average Bonchev–Trinajstić information content (AvgIpc) is 3.01. The summed E-state index contributed by atoms with van der Waals surface area (Å²) in [7, 11) is 0. The minimum atomic E-state index is -0.526. The van der Waals surface area contributed by atoms with Crippen LogP contribution in [0.1, 0.15) is 43.6 Å². The molecule has 0 aromatic carbocycles. The molecule has 0 aliphatic heterocycles. The van der Waals surface area contributed by atoms with Crippen LogP contribution in [0.15, 0.2) is 22.1 Å². The Morgan fingerprint density at radius 3 is 2.79 bits per heavy atom. The number of Topliss-reactive ketones (excluding diaryl/α,β-unsaturated/α-hetero) is 1. The number of ketones is 1. The molecule has 0 N–H and O–H groups in total. The summed E-state index contributed by atoms with van der Waals surface area (Å²) in [5.41, 5.74) is 1.92. The van der Waals surface area contributed by atoms with E-state index in [1.807, 2.05) is 6.92 Å². The number of aryl methyl sites for hydroxylation is 2. The molecular formula is C20H24N2O4S2. The van der Waals surface area contributed by atoms with Crippen molar-refractivity contribution in [1.82, 2.24) is 9.55 Å². The van der Waals surface area contributed by atoms with Crippen molar-refractivity contribution in [2.24, 2.45) is 0 Å². The van der Waals surface area contributed by atoms with Gasteiger partial charge < -0.3 is 4.74 Å². The summed E-state index contributed by atoms with van der Waals surface area (Å²) < 4.78 is 6.42. The third kappa shape index (κ3) is 4.55. The van der Waals surface area contributed by atoms with Crippen LogP contribution in [0.3, 0.4) is 0 Å². The number of esters is 1. The Morgan fingerprint density at radius 2 is 2.07 bits per heavy atom. The summed E-state index contributed by atoms with van der Waals surface area (Å²) in [4.78, 5) is 43.5. The van der Waals surface area contributed by atoms with Crippen molar-refractivity contribution in [3.8, 4) is 0 Å². The van der Waals surface area contributed by atoms with E-state index in [1.54, 1.807) is 22.8 Å². The largest absolute Gasteiger partial charge is 0.466 e. The number of ether oxygens (including phenoxy) is 1. The summed E-state index contributed by atoms with van der Waals surface area (Å²) in [5.74, 6) is -0.704. The van der Waals surface area contributed by atoms with E-state index in [1.165, 1.54) is 16.6 Å². The Bertz CT molecular complexity index is 990. The van der Waals surface area contributed by atoms with Crippen LogP contribution >= 0.6 is 23.1 Å². The van der Waals surface area contributed by atoms with E-state index in [2.05, 4.69) is 6.58 Å². The van der Waals surface area contributed by atoms with Gasteiger partial charge in [0, 0.05) is 11.4 Å². The molecule has 6 nitrogen and oxygen atoms in total. The number of nitrogens with zero attached hydrogens (tertiary/aromatic N) is 2. The second-order valence-corrected chi connectivity index (χ2v) is 8.97. The molecule has 0 radical (unpaired) electrons. The SMILES string of the molecule is C=C(C)Cn1c(SCC(=O)CC(=O)OCC)nc2sc3c(c2c1=O)CCCC3. The van der Waals surface area contributed by atoms with Crippen LogP contribution in [-0.2, 0) is 33.7 Å². The molecule has 0 amide bonds. The number of thioether (sulfide) groups is 1. The first-order valence-corrected chi connectivity index (χ1v) is 11.2. The molecule has 0 spiro atoms. The van der Waals surface area contributed by atoms with Gasteiger partial charge in [0.1, 0.15) is 11.3 Å². The van der Waals surface area contributed by atoms with Gasteiger partial charge in [-0.3, -0.25) is 19.0 Å². The highest BCUT2D eigenvalue weighted by Crippen LogP contribution is 2.34. The third-order valence-electron chi connectivity index (χ3n) is 4.48. The number of aromatic nitrogens is 2. The molecule has 150 valence electrons. The summed E-state index contributed by atoms with van der Waals surface area (Å²) >= 11 is 2.78. The number of rotatable bonds is 8. The number of allylic oxidation sites excluding steroid dienone is 1. The van der Waals surface area contributed by atoms with Gasteiger partial charge in [-0.25, -0.2) is 4.98 Å². The van der Waals surface area contributed by atoms with Crippen LogP contribution < -0.4 is 5.56 Å². The molecule has 0 atom stereocenters. The lowest BCUT2D eigenvalue weighted by Gasteiger charge is -2.13. The lowest BCUT2D eigenvalue weighted by atomic mass is 9.97. The second kappa shape index (κ2) is 9.05. The fourth-order valence-corrected chi connectivity index (χ4v) is 5.47. The van der Waals surface area contributed by atoms with Crippen molar-refractivity contribution in [2.45, 2.75) is 57.7 Å². The van der Waals surface area contributed by atoms with Crippen LogP contribution in [0.2, 0.25) is 0 Å². The maximum absolute atomic E-state index is 13.2. The van der Waals surface area contributed by atoms with Gasteiger partial charge in [-0.05, 0) is 45.1 Å². The molecule has 2 aromatic rings. The number of hydrogen-bond donors (Lipinski definition) is 0. The van der Waals surface area contributed by atoms with E-state index in [-0.39, 0.29) is 30.1 Å². The van der Waals surface area contributed by atoms with Gasteiger partial charge in [0.25, 0.3) is 5.56 Å². The first-order valence-electron chi connectivity index (χ1n) is 9.40. The van der Waals surface area contributed by atoms with E-state index >= 15 is 0 Å². The first-order chi connectivity index (χ1) is 13.4. The lowest BCUT2D eigenvalue weighted by molar-refractivity contribution is -0.145. The van der Waals surface area contributed by atoms with Gasteiger partial charge in [-0.15, -0.1) is 11.3 Å². The zero-order chi connectivity index (χ0) is 20.3. The molecule has 0 saturated carbocycles. The van der Waals surface area contributed by atoms with Crippen LogP contribution in [0, 0.1) is 0 Å². The quantitative estimate of drug-likeness (QED) is 0.214. The van der Waals surface area contributed by atoms with Crippen LogP contribution in [0.4, 0.5) is 0 Å². The smallest absolute Gasteiger partial charge is 0.313 e. The van der Waals surface area contributed by atoms with Crippen molar-refractivity contribution in [3.05, 3.63) is 32.9 Å². The molecule has 28 heavy (non-hydrogen) atoms. The van der Waals surface area contributed by atoms with Gasteiger partial charge in [0.05, 0.1) is 17.7 Å². The van der Waals surface area contributed by atoms with E-state index in [9.17, 15) is 14.4 Å². The summed E-state index contributed by atoms with van der Waals surface area (Å²) in [6.45, 7) is 8.09. The molecule has 0 fully saturated rings. The predicted molar refractivity (Wildman–Crippen MR) is 112 cm³/mol. The Labute approximate surface area is 172 Å². The molecule has 0 unspecified atom stereocenters. The zero-order valence-corrected chi connectivity index (χ0v) is 17.8. The molecule has 0 bridgehead atoms. The average molecular weight is 421 g/mol. The summed E-state index contributed by atoms with van der Waals surface area (Å²) in [6.07, 6.45) is 3.89. The molecule has 3 rings (SSSR count). The zero-order valence-electron chi connectivity index (χ0n) is 16.2. The maximum Gasteiger partial charge on any atom is 0.313 e. The van der Waals surface area contributed by atoms with Gasteiger partial charge in [0.2, 0.25) is 0 Å². The van der Waals surface area contributed by atoms with Gasteiger partial charge in [0.15, 0.2) is 10.9 Å². The number of hydrogen-bond acceptors (Lipinski definition) is 7. The topological polar surface area (TPSA) is 78.3 Å². The fourth-order valence-electron chi connectivity index (χ4n) is 3.31. The maximum atomic E-state index is 13.2. The highest BCUT2D eigenvalue weighted by molar-refractivity contribution is 7.99. The number of fused-ring (bicyclic) bond motifs is 3. The van der Waals surface area contributed by atoms with Crippen molar-refractivity contribution < 1.29 is 14.3 Å². The van der Waals surface area contributed by atoms with Gasteiger partial charge in [-0.2, -0.15) is 0 Å². The minimum Gasteiger partial charge on any atom is -0.466 e. The predicted octanol–water partition coefficient (Wildman–Crippen LogP) is 3.53. The number of carbonyl (C=O) groups is 2. The Morgan fingerprint density at radius 1 is 1.32 bits per heavy atom. The molecule has 8 heteroatoms. The van der Waals surface area contributed by atoms with E-state index < -0.39 is 5.97 Å². The molecule has 0 saturated heterocycles. The number of thiophene rings is 1. The van der Waals surface area contributed by atoms with Gasteiger partial charge in [-0.1, -0.05) is 23.9 Å². The fraction of sp³-hybridized carbons (Fsp3) is 0.500. The Kier molecular flexibility index (Phi) is 6.72. The third-order valence-corrected chi connectivity index (χ3v) is 6.70. The van der Waals surface area contributed by atoms with Crippen molar-refractivity contribution in [1.29, 1.82) is 0 Å². The van der Waals surface area contributed by atoms with E-state index in [0.717, 1.165) is 47.0 Å². The molecule has 2 heterocycles. The highest BCUT2D eigenvalue weighted by atomic mass is 32.2. The van der Waals surface area contributed by atoms with Crippen molar-refractivity contribution in [2.75, 3.05) is 12.4 Å². The standard InChI is InChI=1S/C20H24N2O4S2/c1-4-26-16(24)9-13(23)11-27-20-21-18-17(19(25)22(20)10-12(2)3)14-7-5-6-8-15(14)28-18/h2,4-11H2,1,3H3. The highest BCUT2D eigenvalue weighted by Gasteiger charge is 2.22. The van der Waals surface area contributed by atoms with Gasteiger partial charge >= 0.3 is 5.97 Å². The number of carbonyl (C=O) groups excluding carboxylic acids is 2. The van der Waals surface area contributed by atoms with Crippen LogP contribution in [0.5, 0.6) is 0 Å². The normalized spacial score (nSPS) is 13.4. The first kappa shape index (κ1) is 20.8. The van der Waals surface area contributed by atoms with E-state index in [4.69, 9.17) is 9.72 Å². The summed E-state index contributed by atoms with van der Waals surface area (Å²) in [6, 6.07) is 0. The molecular weight excluding hydrogens is 396 g/mol. The Hall–Kier alpha value is -1.93. The van der Waals surface area contributed by atoms with Crippen molar-refractivity contribution in [3.63, 3.8) is 0 Å².